The van der Waals surface area contributed by atoms with Gasteiger partial charge in [-0.15, -0.1) is 12.4 Å². The Morgan fingerprint density at radius 2 is 1.83 bits per heavy atom. The number of halogens is 1. The fraction of sp³-hybridized carbons (Fsp3) is 0.611. The third-order valence-corrected chi connectivity index (χ3v) is 4.35. The van der Waals surface area contributed by atoms with E-state index in [1.165, 1.54) is 5.69 Å². The molecular weight excluding hydrogens is 324 g/mol. The molecule has 24 heavy (non-hydrogen) atoms. The minimum absolute atomic E-state index is 0. The summed E-state index contributed by atoms with van der Waals surface area (Å²) in [7, 11) is 0. The van der Waals surface area contributed by atoms with Crippen LogP contribution in [0.3, 0.4) is 0 Å². The molecule has 2 rings (SSSR count). The van der Waals surface area contributed by atoms with E-state index in [-0.39, 0.29) is 30.4 Å². The van der Waals surface area contributed by atoms with Crippen LogP contribution in [0.25, 0.3) is 0 Å². The number of carbonyl (C=O) groups excluding carboxylic acids is 1. The Balaban J connectivity index is 0.00000288. The van der Waals surface area contributed by atoms with Crippen molar-refractivity contribution in [3.63, 3.8) is 0 Å². The summed E-state index contributed by atoms with van der Waals surface area (Å²) in [5, 5.41) is 3.04. The zero-order chi connectivity index (χ0) is 16.7. The zero-order valence-corrected chi connectivity index (χ0v) is 15.6. The minimum atomic E-state index is -0.377. The number of rotatable bonds is 7. The summed E-state index contributed by atoms with van der Waals surface area (Å²) in [6.45, 7) is 9.09. The van der Waals surface area contributed by atoms with Crippen LogP contribution in [0.1, 0.15) is 26.7 Å². The first-order valence-corrected chi connectivity index (χ1v) is 8.68. The molecule has 1 aliphatic rings. The van der Waals surface area contributed by atoms with E-state index in [0.29, 0.717) is 0 Å². The second kappa shape index (κ2) is 10.5. The molecule has 5 nitrogen and oxygen atoms in total. The van der Waals surface area contributed by atoms with Crippen molar-refractivity contribution < 1.29 is 4.79 Å². The standard InChI is InChI=1S/C18H30N4O.ClH/c1-3-7-17(19)18(23)20-15(2)14-21-10-12-22(13-11-21)16-8-5-4-6-9-16;/h4-6,8-9,15,17H,3,7,10-14,19H2,1-2H3,(H,20,23);1H. The van der Waals surface area contributed by atoms with Crippen molar-refractivity contribution >= 4 is 24.0 Å². The van der Waals surface area contributed by atoms with Crippen LogP contribution in [-0.4, -0.2) is 55.6 Å². The Morgan fingerprint density at radius 3 is 2.42 bits per heavy atom. The molecule has 1 fully saturated rings. The van der Waals surface area contributed by atoms with Gasteiger partial charge in [0.05, 0.1) is 6.04 Å². The van der Waals surface area contributed by atoms with Crippen molar-refractivity contribution in [1.82, 2.24) is 10.2 Å². The van der Waals surface area contributed by atoms with Gasteiger partial charge in [0, 0.05) is 44.5 Å². The van der Waals surface area contributed by atoms with E-state index in [1.807, 2.05) is 13.0 Å². The predicted octanol–water partition coefficient (Wildman–Crippen LogP) is 1.86. The van der Waals surface area contributed by atoms with Crippen LogP contribution >= 0.6 is 12.4 Å². The van der Waals surface area contributed by atoms with Crippen LogP contribution < -0.4 is 16.0 Å². The molecule has 0 aliphatic carbocycles. The molecule has 1 amide bonds. The van der Waals surface area contributed by atoms with Gasteiger partial charge in [0.15, 0.2) is 0 Å². The van der Waals surface area contributed by atoms with Crippen molar-refractivity contribution in [2.75, 3.05) is 37.6 Å². The maximum atomic E-state index is 12.0. The number of nitrogens with one attached hydrogen (secondary N) is 1. The van der Waals surface area contributed by atoms with E-state index >= 15 is 0 Å². The molecule has 2 atom stereocenters. The van der Waals surface area contributed by atoms with Crippen molar-refractivity contribution in [3.05, 3.63) is 30.3 Å². The van der Waals surface area contributed by atoms with Gasteiger partial charge in [-0.2, -0.15) is 0 Å². The third kappa shape index (κ3) is 6.30. The Bertz CT molecular complexity index is 477. The fourth-order valence-corrected chi connectivity index (χ4v) is 3.05. The van der Waals surface area contributed by atoms with Crippen LogP contribution in [-0.2, 0) is 4.79 Å². The number of para-hydroxylation sites is 1. The third-order valence-electron chi connectivity index (χ3n) is 4.35. The topological polar surface area (TPSA) is 61.6 Å². The Hall–Kier alpha value is -1.30. The van der Waals surface area contributed by atoms with Gasteiger partial charge in [0.1, 0.15) is 0 Å². The number of amides is 1. The first-order chi connectivity index (χ1) is 11.1. The number of hydrogen-bond donors (Lipinski definition) is 2. The number of nitrogens with zero attached hydrogens (tertiary/aromatic N) is 2. The summed E-state index contributed by atoms with van der Waals surface area (Å²) in [5.41, 5.74) is 7.15. The van der Waals surface area contributed by atoms with Gasteiger partial charge in [0.2, 0.25) is 5.91 Å². The molecule has 1 heterocycles. The fourth-order valence-electron chi connectivity index (χ4n) is 3.05. The number of nitrogens with two attached hydrogens (primary N) is 1. The summed E-state index contributed by atoms with van der Waals surface area (Å²) in [6.07, 6.45) is 1.68. The second-order valence-corrected chi connectivity index (χ2v) is 6.43. The molecule has 1 aliphatic heterocycles. The lowest BCUT2D eigenvalue weighted by atomic mass is 10.1. The molecule has 0 bridgehead atoms. The summed E-state index contributed by atoms with van der Waals surface area (Å²) < 4.78 is 0. The number of anilines is 1. The van der Waals surface area contributed by atoms with E-state index in [9.17, 15) is 4.79 Å². The minimum Gasteiger partial charge on any atom is -0.369 e. The van der Waals surface area contributed by atoms with Crippen LogP contribution in [0.15, 0.2) is 30.3 Å². The molecule has 6 heteroatoms. The molecule has 1 saturated heterocycles. The number of hydrogen-bond acceptors (Lipinski definition) is 4. The zero-order valence-electron chi connectivity index (χ0n) is 14.8. The smallest absolute Gasteiger partial charge is 0.237 e. The Kier molecular flexibility index (Phi) is 9.11. The largest absolute Gasteiger partial charge is 0.369 e. The molecule has 0 radical (unpaired) electrons. The van der Waals surface area contributed by atoms with Crippen molar-refractivity contribution in [2.24, 2.45) is 5.73 Å². The summed E-state index contributed by atoms with van der Waals surface area (Å²) in [6, 6.07) is 10.3. The number of piperazine rings is 1. The molecule has 1 aromatic carbocycles. The normalized spacial score (nSPS) is 17.7. The first kappa shape index (κ1) is 20.7. The van der Waals surface area contributed by atoms with E-state index < -0.39 is 0 Å². The van der Waals surface area contributed by atoms with Gasteiger partial charge in [-0.05, 0) is 25.5 Å². The highest BCUT2D eigenvalue weighted by Crippen LogP contribution is 2.15. The van der Waals surface area contributed by atoms with E-state index in [1.54, 1.807) is 0 Å². The molecule has 3 N–H and O–H groups in total. The number of carbonyl (C=O) groups is 1. The van der Waals surface area contributed by atoms with Gasteiger partial charge in [-0.25, -0.2) is 0 Å². The lowest BCUT2D eigenvalue weighted by Gasteiger charge is -2.37. The summed E-state index contributed by atoms with van der Waals surface area (Å²) in [4.78, 5) is 16.8. The van der Waals surface area contributed by atoms with Gasteiger partial charge < -0.3 is 16.0 Å². The molecule has 0 saturated carbocycles. The van der Waals surface area contributed by atoms with Crippen LogP contribution in [0.2, 0.25) is 0 Å². The molecule has 136 valence electrons. The van der Waals surface area contributed by atoms with E-state index in [0.717, 1.165) is 45.6 Å². The van der Waals surface area contributed by atoms with Gasteiger partial charge in [-0.3, -0.25) is 9.69 Å². The maximum Gasteiger partial charge on any atom is 0.237 e. The van der Waals surface area contributed by atoms with E-state index in [4.69, 9.17) is 5.73 Å². The average Bonchev–Trinajstić information content (AvgIpc) is 2.56. The second-order valence-electron chi connectivity index (χ2n) is 6.43. The maximum absolute atomic E-state index is 12.0. The molecule has 0 spiro atoms. The van der Waals surface area contributed by atoms with Crippen LogP contribution in [0.4, 0.5) is 5.69 Å². The lowest BCUT2D eigenvalue weighted by Crippen LogP contribution is -2.52. The number of benzene rings is 1. The monoisotopic (exact) mass is 354 g/mol. The Morgan fingerprint density at radius 1 is 1.21 bits per heavy atom. The van der Waals surface area contributed by atoms with Crippen molar-refractivity contribution in [2.45, 2.75) is 38.8 Å². The summed E-state index contributed by atoms with van der Waals surface area (Å²) >= 11 is 0. The van der Waals surface area contributed by atoms with Crippen molar-refractivity contribution in [1.29, 1.82) is 0 Å². The lowest BCUT2D eigenvalue weighted by molar-refractivity contribution is -0.123. The average molecular weight is 355 g/mol. The first-order valence-electron chi connectivity index (χ1n) is 8.68. The molecule has 0 aromatic heterocycles. The van der Waals surface area contributed by atoms with Crippen LogP contribution in [0, 0.1) is 0 Å². The highest BCUT2D eigenvalue weighted by molar-refractivity contribution is 5.85. The molecule has 1 aromatic rings. The predicted molar refractivity (Wildman–Crippen MR) is 103 cm³/mol. The van der Waals surface area contributed by atoms with Crippen LogP contribution in [0.5, 0.6) is 0 Å². The highest BCUT2D eigenvalue weighted by atomic mass is 35.5. The SMILES string of the molecule is CCCC(N)C(=O)NC(C)CN1CCN(c2ccccc2)CC1.Cl. The summed E-state index contributed by atoms with van der Waals surface area (Å²) in [5.74, 6) is -0.0257. The van der Waals surface area contributed by atoms with E-state index in [2.05, 4.69) is 46.3 Å². The van der Waals surface area contributed by atoms with Gasteiger partial charge in [-0.1, -0.05) is 31.5 Å². The molecule has 2 unspecified atom stereocenters. The van der Waals surface area contributed by atoms with Crippen molar-refractivity contribution in [3.8, 4) is 0 Å². The highest BCUT2D eigenvalue weighted by Gasteiger charge is 2.20. The quantitative estimate of drug-likeness (QED) is 0.784. The van der Waals surface area contributed by atoms with Gasteiger partial charge >= 0.3 is 0 Å². The van der Waals surface area contributed by atoms with Gasteiger partial charge in [0.25, 0.3) is 0 Å². The molecular formula is C18H31ClN4O. The Labute approximate surface area is 152 Å².